The Hall–Kier alpha value is -1.15. The van der Waals surface area contributed by atoms with E-state index in [1.165, 1.54) is 22.3 Å². The molecule has 1 saturated carbocycles. The summed E-state index contributed by atoms with van der Waals surface area (Å²) in [5, 5.41) is 0. The molecule has 3 atom stereocenters. The van der Waals surface area contributed by atoms with Gasteiger partial charge in [0.2, 0.25) is 0 Å². The van der Waals surface area contributed by atoms with Crippen LogP contribution < -0.4 is 0 Å². The predicted octanol–water partition coefficient (Wildman–Crippen LogP) is 6.11. The highest BCUT2D eigenvalue weighted by Crippen LogP contribution is 2.39. The first-order chi connectivity index (χ1) is 11.1. The first kappa shape index (κ1) is 19.2. The van der Waals surface area contributed by atoms with Crippen LogP contribution in [-0.4, -0.2) is 11.9 Å². The molecule has 1 aromatic rings. The fourth-order valence-corrected chi connectivity index (χ4v) is 3.59. The number of rotatable bonds is 6. The van der Waals surface area contributed by atoms with E-state index in [2.05, 4.69) is 60.6 Å². The highest BCUT2D eigenvalue weighted by molar-refractivity contribution is 5.87. The van der Waals surface area contributed by atoms with Crippen LogP contribution in [0.15, 0.2) is 12.1 Å². The number of benzene rings is 1. The zero-order chi connectivity index (χ0) is 18.2. The van der Waals surface area contributed by atoms with Crippen LogP contribution in [0.25, 0.3) is 0 Å². The molecule has 1 aliphatic rings. The molecule has 2 heteroatoms. The van der Waals surface area contributed by atoms with Gasteiger partial charge in [0.1, 0.15) is 5.78 Å². The van der Waals surface area contributed by atoms with Crippen molar-refractivity contribution in [2.75, 3.05) is 0 Å². The van der Waals surface area contributed by atoms with Gasteiger partial charge in [-0.25, -0.2) is 0 Å². The van der Waals surface area contributed by atoms with Crippen LogP contribution >= 0.6 is 0 Å². The zero-order valence-electron chi connectivity index (χ0n) is 16.6. The fourth-order valence-electron chi connectivity index (χ4n) is 3.59. The molecular formula is C22H34O2. The van der Waals surface area contributed by atoms with Gasteiger partial charge in [-0.1, -0.05) is 60.6 Å². The maximum Gasteiger partial charge on any atom is 0.140 e. The highest BCUT2D eigenvalue weighted by atomic mass is 16.5. The second-order valence-electron chi connectivity index (χ2n) is 8.35. The molecule has 1 aliphatic carbocycles. The SMILES string of the molecule is CC(C)c1cc(C(C)C)c([C@H](C)O[C@@H]2CC(=O)C2C)c(C(C)C)c1. The minimum Gasteiger partial charge on any atom is -0.369 e. The molecule has 24 heavy (non-hydrogen) atoms. The Morgan fingerprint density at radius 2 is 1.42 bits per heavy atom. The molecule has 1 fully saturated rings. The molecule has 1 unspecified atom stereocenters. The number of ketones is 1. The van der Waals surface area contributed by atoms with Gasteiger partial charge in [-0.3, -0.25) is 4.79 Å². The Bertz CT molecular complexity index is 569. The highest BCUT2D eigenvalue weighted by Gasteiger charge is 2.38. The first-order valence-corrected chi connectivity index (χ1v) is 9.49. The normalized spacial score (nSPS) is 22.4. The van der Waals surface area contributed by atoms with Crippen LogP contribution in [0.4, 0.5) is 0 Å². The third-order valence-corrected chi connectivity index (χ3v) is 5.43. The van der Waals surface area contributed by atoms with Gasteiger partial charge in [0.05, 0.1) is 12.2 Å². The van der Waals surface area contributed by atoms with Crippen LogP contribution in [0.3, 0.4) is 0 Å². The molecule has 0 amide bonds. The van der Waals surface area contributed by atoms with Crippen LogP contribution in [0.1, 0.15) is 108 Å². The largest absolute Gasteiger partial charge is 0.369 e. The van der Waals surface area contributed by atoms with Gasteiger partial charge in [0.15, 0.2) is 0 Å². The maximum absolute atomic E-state index is 11.5. The van der Waals surface area contributed by atoms with Gasteiger partial charge in [0, 0.05) is 12.3 Å². The summed E-state index contributed by atoms with van der Waals surface area (Å²) in [7, 11) is 0. The van der Waals surface area contributed by atoms with Crippen molar-refractivity contribution in [3.8, 4) is 0 Å². The lowest BCUT2D eigenvalue weighted by molar-refractivity contribution is -0.149. The Kier molecular flexibility index (Phi) is 5.91. The lowest BCUT2D eigenvalue weighted by Gasteiger charge is -2.36. The lowest BCUT2D eigenvalue weighted by atomic mass is 9.80. The molecule has 0 saturated heterocycles. The van der Waals surface area contributed by atoms with Gasteiger partial charge in [-0.05, 0) is 46.9 Å². The summed E-state index contributed by atoms with van der Waals surface area (Å²) in [5.74, 6) is 1.82. The Labute approximate surface area is 148 Å². The maximum atomic E-state index is 11.5. The molecule has 0 heterocycles. The quantitative estimate of drug-likeness (QED) is 0.629. The van der Waals surface area contributed by atoms with Crippen molar-refractivity contribution in [1.82, 2.24) is 0 Å². The molecule has 0 N–H and O–H groups in total. The number of hydrogen-bond acceptors (Lipinski definition) is 2. The van der Waals surface area contributed by atoms with Crippen molar-refractivity contribution in [3.05, 3.63) is 34.4 Å². The number of Topliss-reactive ketones (excluding diaryl/α,β-unsaturated/α-hetero) is 1. The minimum atomic E-state index is 0.0292. The van der Waals surface area contributed by atoms with Crippen molar-refractivity contribution in [2.45, 2.75) is 91.8 Å². The van der Waals surface area contributed by atoms with E-state index >= 15 is 0 Å². The Balaban J connectivity index is 2.43. The summed E-state index contributed by atoms with van der Waals surface area (Å²) in [5.41, 5.74) is 5.55. The van der Waals surface area contributed by atoms with E-state index in [1.807, 2.05) is 6.92 Å². The molecular weight excluding hydrogens is 296 g/mol. The van der Waals surface area contributed by atoms with Gasteiger partial charge in [-0.15, -0.1) is 0 Å². The van der Waals surface area contributed by atoms with Crippen LogP contribution in [0.2, 0.25) is 0 Å². The van der Waals surface area contributed by atoms with Crippen molar-refractivity contribution in [2.24, 2.45) is 5.92 Å². The van der Waals surface area contributed by atoms with E-state index in [4.69, 9.17) is 4.74 Å². The third-order valence-electron chi connectivity index (χ3n) is 5.43. The first-order valence-electron chi connectivity index (χ1n) is 9.49. The summed E-state index contributed by atoms with van der Waals surface area (Å²) >= 11 is 0. The van der Waals surface area contributed by atoms with E-state index < -0.39 is 0 Å². The van der Waals surface area contributed by atoms with E-state index in [9.17, 15) is 4.79 Å². The van der Waals surface area contributed by atoms with E-state index in [0.717, 1.165) is 0 Å². The van der Waals surface area contributed by atoms with Crippen LogP contribution in [-0.2, 0) is 9.53 Å². The van der Waals surface area contributed by atoms with Crippen molar-refractivity contribution in [3.63, 3.8) is 0 Å². The van der Waals surface area contributed by atoms with Crippen LogP contribution in [0, 0.1) is 5.92 Å². The zero-order valence-corrected chi connectivity index (χ0v) is 16.6. The smallest absolute Gasteiger partial charge is 0.140 e. The molecule has 2 rings (SSSR count). The second-order valence-corrected chi connectivity index (χ2v) is 8.35. The summed E-state index contributed by atoms with van der Waals surface area (Å²) in [6.07, 6.45) is 0.683. The Morgan fingerprint density at radius 1 is 0.917 bits per heavy atom. The average Bonchev–Trinajstić information content (AvgIpc) is 2.52. The van der Waals surface area contributed by atoms with Crippen molar-refractivity contribution in [1.29, 1.82) is 0 Å². The number of ether oxygens (including phenoxy) is 1. The molecule has 2 nitrogen and oxygen atoms in total. The molecule has 0 bridgehead atoms. The fraction of sp³-hybridized carbons (Fsp3) is 0.682. The average molecular weight is 331 g/mol. The summed E-state index contributed by atoms with van der Waals surface area (Å²) in [4.78, 5) is 11.5. The van der Waals surface area contributed by atoms with E-state index in [0.29, 0.717) is 30.0 Å². The number of hydrogen-bond donors (Lipinski definition) is 0. The lowest BCUT2D eigenvalue weighted by Crippen LogP contribution is -2.42. The van der Waals surface area contributed by atoms with E-state index in [1.54, 1.807) is 0 Å². The summed E-state index contributed by atoms with van der Waals surface area (Å²) in [6.45, 7) is 17.7. The molecule has 134 valence electrons. The van der Waals surface area contributed by atoms with Crippen LogP contribution in [0.5, 0.6) is 0 Å². The standard InChI is InChI=1S/C22H34O2/c1-12(2)17-9-18(13(3)4)22(19(10-17)14(5)6)16(8)24-21-11-20(23)15(21)7/h9-10,12-16,21H,11H2,1-8H3/t15?,16-,21+/m0/s1. The summed E-state index contributed by atoms with van der Waals surface area (Å²) in [6, 6.07) is 4.73. The molecule has 0 radical (unpaired) electrons. The molecule has 1 aromatic carbocycles. The van der Waals surface area contributed by atoms with Gasteiger partial charge in [-0.2, -0.15) is 0 Å². The molecule has 0 aliphatic heterocycles. The second kappa shape index (κ2) is 7.39. The minimum absolute atomic E-state index is 0.0292. The molecule has 0 aromatic heterocycles. The monoisotopic (exact) mass is 330 g/mol. The summed E-state index contributed by atoms with van der Waals surface area (Å²) < 4.78 is 6.32. The van der Waals surface area contributed by atoms with Gasteiger partial charge in [0.25, 0.3) is 0 Å². The van der Waals surface area contributed by atoms with Crippen molar-refractivity contribution >= 4 is 5.78 Å². The predicted molar refractivity (Wildman–Crippen MR) is 101 cm³/mol. The van der Waals surface area contributed by atoms with Gasteiger partial charge >= 0.3 is 0 Å². The van der Waals surface area contributed by atoms with E-state index in [-0.39, 0.29) is 18.1 Å². The topological polar surface area (TPSA) is 26.3 Å². The van der Waals surface area contributed by atoms with Gasteiger partial charge < -0.3 is 4.74 Å². The van der Waals surface area contributed by atoms with Crippen molar-refractivity contribution < 1.29 is 9.53 Å². The number of carbonyl (C=O) groups excluding carboxylic acids is 1. The Morgan fingerprint density at radius 3 is 1.75 bits per heavy atom. The third kappa shape index (κ3) is 3.74. The number of carbonyl (C=O) groups is 1. The molecule has 0 spiro atoms.